The highest BCUT2D eigenvalue weighted by Crippen LogP contribution is 2.39. The van der Waals surface area contributed by atoms with Gasteiger partial charge < -0.3 is 5.32 Å². The second-order valence-corrected chi connectivity index (χ2v) is 7.40. The van der Waals surface area contributed by atoms with Crippen LogP contribution in [-0.2, 0) is 11.3 Å². The number of nitrogens with zero attached hydrogens (tertiary/aromatic N) is 3. The van der Waals surface area contributed by atoms with Crippen LogP contribution in [0.15, 0.2) is 48.8 Å². The summed E-state index contributed by atoms with van der Waals surface area (Å²) < 4.78 is 0. The molecular weight excluding hydrogens is 324 g/mol. The second kappa shape index (κ2) is 6.89. The predicted octanol–water partition coefficient (Wildman–Crippen LogP) is 2.59. The summed E-state index contributed by atoms with van der Waals surface area (Å²) in [7, 11) is 0. The first-order valence-electron chi connectivity index (χ1n) is 9.11. The van der Waals surface area contributed by atoms with Crippen LogP contribution in [0.5, 0.6) is 0 Å². The van der Waals surface area contributed by atoms with E-state index in [4.69, 9.17) is 5.26 Å². The quantitative estimate of drug-likeness (QED) is 0.927. The number of nitriles is 1. The first-order valence-corrected chi connectivity index (χ1v) is 9.11. The molecule has 5 heteroatoms. The monoisotopic (exact) mass is 346 g/mol. The number of carbonyl (C=O) groups is 1. The zero-order chi connectivity index (χ0) is 18.0. The van der Waals surface area contributed by atoms with Crippen LogP contribution in [0.25, 0.3) is 0 Å². The number of nitrogens with one attached hydrogen (secondary N) is 1. The highest BCUT2D eigenvalue weighted by Gasteiger charge is 2.46. The van der Waals surface area contributed by atoms with Gasteiger partial charge in [0.05, 0.1) is 17.6 Å². The number of rotatable bonds is 3. The van der Waals surface area contributed by atoms with Crippen LogP contribution in [0.3, 0.4) is 0 Å². The molecule has 2 saturated heterocycles. The van der Waals surface area contributed by atoms with Crippen LogP contribution in [-0.4, -0.2) is 34.4 Å². The summed E-state index contributed by atoms with van der Waals surface area (Å²) in [6.07, 6.45) is 6.34. The predicted molar refractivity (Wildman–Crippen MR) is 98.1 cm³/mol. The summed E-state index contributed by atoms with van der Waals surface area (Å²) in [5.41, 5.74) is 2.81. The number of hydrogen-bond donors (Lipinski definition) is 1. The Bertz CT molecular complexity index is 835. The summed E-state index contributed by atoms with van der Waals surface area (Å²) in [6, 6.07) is 13.9. The van der Waals surface area contributed by atoms with E-state index in [-0.39, 0.29) is 17.4 Å². The Balaban J connectivity index is 1.39. The van der Waals surface area contributed by atoms with Crippen molar-refractivity contribution in [1.82, 2.24) is 15.2 Å². The van der Waals surface area contributed by atoms with E-state index >= 15 is 0 Å². The van der Waals surface area contributed by atoms with Crippen molar-refractivity contribution in [3.63, 3.8) is 0 Å². The van der Waals surface area contributed by atoms with Gasteiger partial charge in [-0.1, -0.05) is 18.2 Å². The lowest BCUT2D eigenvalue weighted by molar-refractivity contribution is -0.121. The molecule has 132 valence electrons. The van der Waals surface area contributed by atoms with Gasteiger partial charge in [-0.05, 0) is 48.6 Å². The molecule has 3 heterocycles. The summed E-state index contributed by atoms with van der Waals surface area (Å²) in [5, 5.41) is 12.3. The van der Waals surface area contributed by atoms with Gasteiger partial charge in [0.2, 0.25) is 5.91 Å². The number of benzene rings is 1. The number of pyridine rings is 1. The van der Waals surface area contributed by atoms with Crippen molar-refractivity contribution >= 4 is 5.91 Å². The molecular formula is C21H22N4O. The molecule has 1 aromatic heterocycles. The molecule has 4 rings (SSSR count). The lowest BCUT2D eigenvalue weighted by Crippen LogP contribution is -2.50. The second-order valence-electron chi connectivity index (χ2n) is 7.40. The van der Waals surface area contributed by atoms with Gasteiger partial charge in [0, 0.05) is 37.6 Å². The summed E-state index contributed by atoms with van der Waals surface area (Å²) in [4.78, 5) is 19.1. The summed E-state index contributed by atoms with van der Waals surface area (Å²) in [6.45, 7) is 2.76. The van der Waals surface area contributed by atoms with Crippen LogP contribution in [0.2, 0.25) is 0 Å². The van der Waals surface area contributed by atoms with Gasteiger partial charge in [0.15, 0.2) is 0 Å². The Kier molecular flexibility index (Phi) is 4.44. The third-order valence-corrected chi connectivity index (χ3v) is 5.66. The fraction of sp³-hybridized carbons (Fsp3) is 0.381. The van der Waals surface area contributed by atoms with E-state index in [2.05, 4.69) is 27.3 Å². The number of hydrogen-bond acceptors (Lipinski definition) is 4. The Hall–Kier alpha value is -2.71. The van der Waals surface area contributed by atoms with Crippen LogP contribution >= 0.6 is 0 Å². The fourth-order valence-corrected chi connectivity index (χ4v) is 4.20. The summed E-state index contributed by atoms with van der Waals surface area (Å²) >= 11 is 0. The van der Waals surface area contributed by atoms with Crippen molar-refractivity contribution in [3.05, 3.63) is 65.5 Å². The van der Waals surface area contributed by atoms with Gasteiger partial charge in [-0.3, -0.25) is 14.7 Å². The van der Waals surface area contributed by atoms with E-state index in [1.807, 2.05) is 30.3 Å². The SMILES string of the molecule is N#Cc1cccc(CN2CCC3(CC2)CC(c2cccnc2)C(=O)N3)c1. The molecule has 1 spiro atoms. The van der Waals surface area contributed by atoms with Crippen molar-refractivity contribution < 1.29 is 4.79 Å². The third kappa shape index (κ3) is 3.33. The Morgan fingerprint density at radius 3 is 2.85 bits per heavy atom. The first-order chi connectivity index (χ1) is 12.7. The number of likely N-dealkylation sites (tertiary alicyclic amines) is 1. The highest BCUT2D eigenvalue weighted by molar-refractivity contribution is 5.87. The topological polar surface area (TPSA) is 69.0 Å². The molecule has 0 aliphatic carbocycles. The van der Waals surface area contributed by atoms with Gasteiger partial charge >= 0.3 is 0 Å². The molecule has 1 aromatic carbocycles. The number of amides is 1. The highest BCUT2D eigenvalue weighted by atomic mass is 16.2. The van der Waals surface area contributed by atoms with Crippen LogP contribution in [0.4, 0.5) is 0 Å². The molecule has 0 bridgehead atoms. The molecule has 1 N–H and O–H groups in total. The molecule has 0 saturated carbocycles. The van der Waals surface area contributed by atoms with Crippen molar-refractivity contribution in [2.75, 3.05) is 13.1 Å². The third-order valence-electron chi connectivity index (χ3n) is 5.66. The zero-order valence-electron chi connectivity index (χ0n) is 14.7. The Morgan fingerprint density at radius 2 is 2.12 bits per heavy atom. The van der Waals surface area contributed by atoms with Gasteiger partial charge in [-0.2, -0.15) is 5.26 Å². The minimum absolute atomic E-state index is 0.0808. The molecule has 2 aliphatic heterocycles. The lowest BCUT2D eigenvalue weighted by Gasteiger charge is -2.39. The maximum Gasteiger partial charge on any atom is 0.228 e. The van der Waals surface area contributed by atoms with Crippen molar-refractivity contribution in [1.29, 1.82) is 5.26 Å². The first kappa shape index (κ1) is 16.7. The summed E-state index contributed by atoms with van der Waals surface area (Å²) in [5.74, 6) is 0.0516. The average Bonchev–Trinajstić information content (AvgIpc) is 3.01. The minimum Gasteiger partial charge on any atom is -0.350 e. The van der Waals surface area contributed by atoms with Crippen LogP contribution in [0, 0.1) is 11.3 Å². The van der Waals surface area contributed by atoms with Gasteiger partial charge in [-0.25, -0.2) is 0 Å². The van der Waals surface area contributed by atoms with Gasteiger partial charge in [0.1, 0.15) is 0 Å². The molecule has 5 nitrogen and oxygen atoms in total. The molecule has 2 aliphatic rings. The van der Waals surface area contributed by atoms with Crippen molar-refractivity contribution in [3.8, 4) is 6.07 Å². The lowest BCUT2D eigenvalue weighted by atomic mass is 9.82. The fourth-order valence-electron chi connectivity index (χ4n) is 4.20. The molecule has 1 unspecified atom stereocenters. The minimum atomic E-state index is -0.0810. The molecule has 1 atom stereocenters. The average molecular weight is 346 g/mol. The van der Waals surface area contributed by atoms with E-state index in [0.29, 0.717) is 5.56 Å². The number of aromatic nitrogens is 1. The maximum atomic E-state index is 12.5. The zero-order valence-corrected chi connectivity index (χ0v) is 14.7. The normalized spacial score (nSPS) is 22.1. The number of carbonyl (C=O) groups excluding carboxylic acids is 1. The molecule has 1 amide bonds. The van der Waals surface area contributed by atoms with Crippen molar-refractivity contribution in [2.24, 2.45) is 0 Å². The molecule has 0 radical (unpaired) electrons. The van der Waals surface area contributed by atoms with Gasteiger partial charge in [-0.15, -0.1) is 0 Å². The van der Waals surface area contributed by atoms with E-state index < -0.39 is 0 Å². The smallest absolute Gasteiger partial charge is 0.228 e. The van der Waals surface area contributed by atoms with Gasteiger partial charge in [0.25, 0.3) is 0 Å². The molecule has 26 heavy (non-hydrogen) atoms. The Labute approximate surface area is 153 Å². The molecule has 2 aromatic rings. The van der Waals surface area contributed by atoms with Crippen LogP contribution < -0.4 is 5.32 Å². The number of piperidine rings is 1. The van der Waals surface area contributed by atoms with E-state index in [9.17, 15) is 4.79 Å². The van der Waals surface area contributed by atoms with Crippen molar-refractivity contribution in [2.45, 2.75) is 37.3 Å². The maximum absolute atomic E-state index is 12.5. The van der Waals surface area contributed by atoms with E-state index in [0.717, 1.165) is 44.5 Å². The molecule has 2 fully saturated rings. The van der Waals surface area contributed by atoms with E-state index in [1.165, 1.54) is 5.56 Å². The standard InChI is InChI=1S/C21H22N4O/c22-13-16-3-1-4-17(11-16)15-25-9-6-21(7-10-25)12-19(20(26)24-21)18-5-2-8-23-14-18/h1-5,8,11,14,19H,6-7,9-10,12,15H2,(H,24,26). The van der Waals surface area contributed by atoms with Crippen LogP contribution in [0.1, 0.15) is 41.9 Å². The largest absolute Gasteiger partial charge is 0.350 e. The van der Waals surface area contributed by atoms with E-state index in [1.54, 1.807) is 12.4 Å². The Morgan fingerprint density at radius 1 is 1.27 bits per heavy atom.